The fourth-order valence-electron chi connectivity index (χ4n) is 1.60. The van der Waals surface area contributed by atoms with Crippen molar-refractivity contribution in [3.8, 4) is 6.07 Å². The van der Waals surface area contributed by atoms with Gasteiger partial charge in [0.15, 0.2) is 0 Å². The van der Waals surface area contributed by atoms with E-state index in [1.165, 1.54) is 0 Å². The summed E-state index contributed by atoms with van der Waals surface area (Å²) in [4.78, 5) is 0. The van der Waals surface area contributed by atoms with Gasteiger partial charge in [-0.05, 0) is 30.7 Å². The van der Waals surface area contributed by atoms with Gasteiger partial charge in [-0.2, -0.15) is 5.26 Å². The number of para-hydroxylation sites is 1. The van der Waals surface area contributed by atoms with Gasteiger partial charge in [-0.1, -0.05) is 35.9 Å². The topological polar surface area (TPSA) is 35.8 Å². The molecule has 0 saturated carbocycles. The molecule has 2 rings (SSSR count). The molecule has 0 aliphatic rings. The van der Waals surface area contributed by atoms with E-state index in [0.717, 1.165) is 16.9 Å². The Morgan fingerprint density at radius 1 is 1.06 bits per heavy atom. The first-order chi connectivity index (χ1) is 8.22. The van der Waals surface area contributed by atoms with Gasteiger partial charge in [0.1, 0.15) is 6.07 Å². The summed E-state index contributed by atoms with van der Waals surface area (Å²) in [5, 5.41) is 12.8. The van der Waals surface area contributed by atoms with Crippen LogP contribution in [0.1, 0.15) is 11.1 Å². The zero-order valence-corrected chi connectivity index (χ0v) is 10.1. The van der Waals surface area contributed by atoms with Gasteiger partial charge in [0.2, 0.25) is 0 Å². The van der Waals surface area contributed by atoms with Gasteiger partial charge in [0.25, 0.3) is 0 Å². The van der Waals surface area contributed by atoms with Crippen LogP contribution in [0.25, 0.3) is 0 Å². The molecule has 0 aliphatic heterocycles. The number of anilines is 2. The lowest BCUT2D eigenvalue weighted by Crippen LogP contribution is -1.95. The van der Waals surface area contributed by atoms with Crippen molar-refractivity contribution in [3.63, 3.8) is 0 Å². The molecule has 0 aliphatic carbocycles. The molecule has 0 bridgehead atoms. The molecule has 0 radical (unpaired) electrons. The third-order valence-corrected chi connectivity index (χ3v) is 2.85. The van der Waals surface area contributed by atoms with Gasteiger partial charge in [0.05, 0.1) is 16.3 Å². The van der Waals surface area contributed by atoms with Crippen molar-refractivity contribution in [1.82, 2.24) is 0 Å². The molecular weight excluding hydrogens is 232 g/mol. The monoisotopic (exact) mass is 242 g/mol. The molecule has 84 valence electrons. The van der Waals surface area contributed by atoms with Crippen molar-refractivity contribution in [1.29, 1.82) is 5.26 Å². The molecule has 0 spiro atoms. The summed E-state index contributed by atoms with van der Waals surface area (Å²) in [6.45, 7) is 2.01. The minimum Gasteiger partial charge on any atom is -0.354 e. The Morgan fingerprint density at radius 3 is 2.47 bits per heavy atom. The lowest BCUT2D eigenvalue weighted by Gasteiger charge is -2.11. The van der Waals surface area contributed by atoms with Crippen LogP contribution in [-0.2, 0) is 0 Å². The van der Waals surface area contributed by atoms with Crippen LogP contribution in [-0.4, -0.2) is 0 Å². The van der Waals surface area contributed by atoms with Crippen LogP contribution in [0.3, 0.4) is 0 Å². The van der Waals surface area contributed by atoms with Crippen LogP contribution in [0.2, 0.25) is 5.02 Å². The van der Waals surface area contributed by atoms with E-state index in [0.29, 0.717) is 10.6 Å². The van der Waals surface area contributed by atoms with Crippen molar-refractivity contribution < 1.29 is 0 Å². The van der Waals surface area contributed by atoms with Crippen LogP contribution in [0.5, 0.6) is 0 Å². The third kappa shape index (κ3) is 2.41. The molecule has 0 atom stereocenters. The predicted molar refractivity (Wildman–Crippen MR) is 70.6 cm³/mol. The first kappa shape index (κ1) is 11.5. The van der Waals surface area contributed by atoms with Crippen molar-refractivity contribution in [2.75, 3.05) is 5.32 Å². The minimum absolute atomic E-state index is 0.464. The molecule has 0 unspecified atom stereocenters. The van der Waals surface area contributed by atoms with E-state index < -0.39 is 0 Å². The predicted octanol–water partition coefficient (Wildman–Crippen LogP) is 4.26. The van der Waals surface area contributed by atoms with Crippen LogP contribution in [0.4, 0.5) is 11.4 Å². The molecule has 2 nitrogen and oxygen atoms in total. The van der Waals surface area contributed by atoms with Crippen LogP contribution in [0.15, 0.2) is 42.5 Å². The molecule has 3 heteroatoms. The van der Waals surface area contributed by atoms with Crippen LogP contribution in [0, 0.1) is 18.3 Å². The number of hydrogen-bond donors (Lipinski definition) is 1. The Hall–Kier alpha value is -1.98. The number of rotatable bonds is 2. The maximum atomic E-state index is 9.07. The lowest BCUT2D eigenvalue weighted by molar-refractivity contribution is 1.41. The minimum atomic E-state index is 0.464. The lowest BCUT2D eigenvalue weighted by atomic mass is 10.1. The zero-order valence-electron chi connectivity index (χ0n) is 9.37. The molecule has 0 amide bonds. The van der Waals surface area contributed by atoms with Gasteiger partial charge in [-0.3, -0.25) is 0 Å². The second kappa shape index (κ2) is 4.90. The summed E-state index contributed by atoms with van der Waals surface area (Å²) in [5.41, 5.74) is 3.30. The highest BCUT2D eigenvalue weighted by Crippen LogP contribution is 2.27. The highest BCUT2D eigenvalue weighted by Gasteiger charge is 2.06. The second-order valence-electron chi connectivity index (χ2n) is 3.71. The summed E-state index contributed by atoms with van der Waals surface area (Å²) < 4.78 is 0. The first-order valence-corrected chi connectivity index (χ1v) is 5.61. The average molecular weight is 243 g/mol. The molecule has 2 aromatic carbocycles. The number of nitrogens with one attached hydrogen (secondary N) is 1. The summed E-state index contributed by atoms with van der Waals surface area (Å²) in [6.07, 6.45) is 0. The van der Waals surface area contributed by atoms with Gasteiger partial charge in [0, 0.05) is 5.69 Å². The van der Waals surface area contributed by atoms with E-state index in [2.05, 4.69) is 11.4 Å². The largest absolute Gasteiger partial charge is 0.354 e. The van der Waals surface area contributed by atoms with Crippen molar-refractivity contribution in [2.45, 2.75) is 6.92 Å². The van der Waals surface area contributed by atoms with Crippen molar-refractivity contribution in [3.05, 3.63) is 58.6 Å². The number of halogens is 1. The Labute approximate surface area is 105 Å². The standard InChI is InChI=1S/C14H11ClN2/c1-10-5-2-3-7-13(10)17-14-8-4-6-12(15)11(14)9-16/h2-8,17H,1H3. The SMILES string of the molecule is Cc1ccccc1Nc1cccc(Cl)c1C#N. The average Bonchev–Trinajstić information content (AvgIpc) is 2.32. The number of aryl methyl sites for hydroxylation is 1. The van der Waals surface area contributed by atoms with E-state index in [9.17, 15) is 0 Å². The Balaban J connectivity index is 2.41. The Bertz CT molecular complexity index is 585. The summed E-state index contributed by atoms with van der Waals surface area (Å²) >= 11 is 5.97. The van der Waals surface area contributed by atoms with E-state index in [-0.39, 0.29) is 0 Å². The fraction of sp³-hybridized carbons (Fsp3) is 0.0714. The van der Waals surface area contributed by atoms with E-state index in [1.807, 2.05) is 43.3 Å². The van der Waals surface area contributed by atoms with Gasteiger partial charge in [-0.15, -0.1) is 0 Å². The highest BCUT2D eigenvalue weighted by atomic mass is 35.5. The molecule has 2 aromatic rings. The smallest absolute Gasteiger partial charge is 0.103 e. The summed E-state index contributed by atoms with van der Waals surface area (Å²) in [6, 6.07) is 15.4. The van der Waals surface area contributed by atoms with Crippen molar-refractivity contribution in [2.24, 2.45) is 0 Å². The third-order valence-electron chi connectivity index (χ3n) is 2.54. The summed E-state index contributed by atoms with van der Waals surface area (Å²) in [7, 11) is 0. The van der Waals surface area contributed by atoms with Gasteiger partial charge < -0.3 is 5.32 Å². The normalized spacial score (nSPS) is 9.71. The maximum absolute atomic E-state index is 9.07. The fourth-order valence-corrected chi connectivity index (χ4v) is 1.82. The Morgan fingerprint density at radius 2 is 1.76 bits per heavy atom. The number of nitriles is 1. The molecule has 0 heterocycles. The number of hydrogen-bond acceptors (Lipinski definition) is 2. The number of benzene rings is 2. The molecule has 0 fully saturated rings. The second-order valence-corrected chi connectivity index (χ2v) is 4.12. The Kier molecular flexibility index (Phi) is 3.32. The molecule has 17 heavy (non-hydrogen) atoms. The van der Waals surface area contributed by atoms with E-state index in [1.54, 1.807) is 6.07 Å². The quantitative estimate of drug-likeness (QED) is 0.854. The van der Waals surface area contributed by atoms with E-state index in [4.69, 9.17) is 16.9 Å². The molecule has 0 aromatic heterocycles. The van der Waals surface area contributed by atoms with Gasteiger partial charge in [-0.25, -0.2) is 0 Å². The number of nitrogens with zero attached hydrogens (tertiary/aromatic N) is 1. The summed E-state index contributed by atoms with van der Waals surface area (Å²) in [5.74, 6) is 0. The maximum Gasteiger partial charge on any atom is 0.103 e. The van der Waals surface area contributed by atoms with Crippen molar-refractivity contribution >= 4 is 23.0 Å². The molecular formula is C14H11ClN2. The van der Waals surface area contributed by atoms with Gasteiger partial charge >= 0.3 is 0 Å². The van der Waals surface area contributed by atoms with Crippen LogP contribution < -0.4 is 5.32 Å². The highest BCUT2D eigenvalue weighted by molar-refractivity contribution is 6.32. The van der Waals surface area contributed by atoms with Crippen LogP contribution >= 0.6 is 11.6 Å². The molecule has 0 saturated heterocycles. The molecule has 1 N–H and O–H groups in total. The zero-order chi connectivity index (χ0) is 12.3. The van der Waals surface area contributed by atoms with E-state index >= 15 is 0 Å². The first-order valence-electron chi connectivity index (χ1n) is 5.23.